The van der Waals surface area contributed by atoms with E-state index in [1.165, 1.54) is 6.07 Å². The second-order valence-corrected chi connectivity index (χ2v) is 8.56. The van der Waals surface area contributed by atoms with Gasteiger partial charge in [0.15, 0.2) is 0 Å². The molecule has 2 N–H and O–H groups in total. The molecule has 0 radical (unpaired) electrons. The predicted octanol–water partition coefficient (Wildman–Crippen LogP) is 6.80. The molecule has 3 aromatic carbocycles. The number of carboxylic acids is 1. The van der Waals surface area contributed by atoms with Crippen molar-refractivity contribution < 1.29 is 14.7 Å². The number of carbonyl (C=O) groups excluding carboxylic acids is 1. The Kier molecular flexibility index (Phi) is 6.08. The highest BCUT2D eigenvalue weighted by Gasteiger charge is 2.24. The van der Waals surface area contributed by atoms with Crippen LogP contribution in [-0.4, -0.2) is 17.0 Å². The fraction of sp³-hybridized carbons (Fsp3) is 0.250. The Morgan fingerprint density at radius 1 is 0.897 bits per heavy atom. The van der Waals surface area contributed by atoms with E-state index in [9.17, 15) is 14.7 Å². The number of fused-ring (bicyclic) bond motifs is 1. The highest BCUT2D eigenvalue weighted by molar-refractivity contribution is 9.10. The fourth-order valence-electron chi connectivity index (χ4n) is 3.62. The third-order valence-electron chi connectivity index (χ3n) is 5.06. The summed E-state index contributed by atoms with van der Waals surface area (Å²) in [5, 5.41) is 14.2. The molecule has 0 heterocycles. The summed E-state index contributed by atoms with van der Waals surface area (Å²) in [7, 11) is 0. The van der Waals surface area contributed by atoms with Gasteiger partial charge in [0, 0.05) is 10.2 Å². The molecular weight excluding hydrogens is 430 g/mol. The maximum atomic E-state index is 13.4. The Balaban J connectivity index is 2.21. The normalized spacial score (nSPS) is 11.3. The Morgan fingerprint density at radius 2 is 1.45 bits per heavy atom. The van der Waals surface area contributed by atoms with E-state index in [0.717, 1.165) is 22.2 Å². The molecule has 0 spiro atoms. The maximum absolute atomic E-state index is 13.4. The minimum absolute atomic E-state index is 0.0267. The van der Waals surface area contributed by atoms with Crippen molar-refractivity contribution >= 4 is 44.3 Å². The molecular formula is C24H24BrNO3. The number of carboxylic acid groups (broad SMARTS) is 1. The van der Waals surface area contributed by atoms with E-state index < -0.39 is 11.9 Å². The van der Waals surface area contributed by atoms with E-state index in [-0.39, 0.29) is 23.0 Å². The molecule has 0 saturated carbocycles. The molecule has 4 nitrogen and oxygen atoms in total. The maximum Gasteiger partial charge on any atom is 0.336 e. The lowest BCUT2D eigenvalue weighted by Crippen LogP contribution is -2.19. The van der Waals surface area contributed by atoms with Crippen molar-refractivity contribution in [3.63, 3.8) is 0 Å². The molecule has 29 heavy (non-hydrogen) atoms. The third kappa shape index (κ3) is 4.06. The van der Waals surface area contributed by atoms with Gasteiger partial charge in [0.1, 0.15) is 0 Å². The number of hydrogen-bond donors (Lipinski definition) is 2. The molecule has 150 valence electrons. The van der Waals surface area contributed by atoms with Crippen molar-refractivity contribution in [1.82, 2.24) is 0 Å². The van der Waals surface area contributed by atoms with Crippen LogP contribution in [0.15, 0.2) is 53.0 Å². The molecule has 3 aromatic rings. The summed E-state index contributed by atoms with van der Waals surface area (Å²) in [6.45, 7) is 8.30. The highest BCUT2D eigenvalue weighted by Crippen LogP contribution is 2.35. The van der Waals surface area contributed by atoms with Crippen LogP contribution < -0.4 is 5.32 Å². The molecule has 0 aliphatic carbocycles. The molecule has 0 atom stereocenters. The second-order valence-electron chi connectivity index (χ2n) is 7.71. The van der Waals surface area contributed by atoms with Crippen molar-refractivity contribution in [3.8, 4) is 0 Å². The van der Waals surface area contributed by atoms with E-state index in [1.807, 2.05) is 30.3 Å². The van der Waals surface area contributed by atoms with Crippen LogP contribution in [0.3, 0.4) is 0 Å². The number of aromatic carboxylic acids is 1. The smallest absolute Gasteiger partial charge is 0.336 e. The van der Waals surface area contributed by atoms with Crippen molar-refractivity contribution in [2.45, 2.75) is 39.5 Å². The summed E-state index contributed by atoms with van der Waals surface area (Å²) in [5.41, 5.74) is 2.97. The first kappa shape index (κ1) is 21.1. The van der Waals surface area contributed by atoms with Crippen LogP contribution in [0.5, 0.6) is 0 Å². The van der Waals surface area contributed by atoms with Crippen LogP contribution in [-0.2, 0) is 0 Å². The number of hydrogen-bond acceptors (Lipinski definition) is 2. The van der Waals surface area contributed by atoms with Crippen LogP contribution in [0, 0.1) is 0 Å². The number of amides is 1. The molecule has 0 fully saturated rings. The van der Waals surface area contributed by atoms with Crippen molar-refractivity contribution in [1.29, 1.82) is 0 Å². The Hall–Kier alpha value is -2.66. The highest BCUT2D eigenvalue weighted by atomic mass is 79.9. The van der Waals surface area contributed by atoms with Gasteiger partial charge in [-0.25, -0.2) is 4.79 Å². The van der Waals surface area contributed by atoms with Crippen LogP contribution in [0.4, 0.5) is 5.69 Å². The van der Waals surface area contributed by atoms with Gasteiger partial charge in [-0.15, -0.1) is 0 Å². The summed E-state index contributed by atoms with van der Waals surface area (Å²) < 4.78 is 0.646. The van der Waals surface area contributed by atoms with Crippen molar-refractivity contribution in [3.05, 3.63) is 75.3 Å². The van der Waals surface area contributed by atoms with E-state index in [0.29, 0.717) is 9.86 Å². The molecule has 3 rings (SSSR count). The molecule has 0 bridgehead atoms. The first-order valence-corrected chi connectivity index (χ1v) is 10.4. The van der Waals surface area contributed by atoms with Crippen LogP contribution in [0.2, 0.25) is 0 Å². The van der Waals surface area contributed by atoms with Crippen molar-refractivity contribution in [2.24, 2.45) is 0 Å². The lowest BCUT2D eigenvalue weighted by molar-refractivity contribution is 0.0692. The number of anilines is 1. The van der Waals surface area contributed by atoms with Crippen LogP contribution in [0.25, 0.3) is 10.8 Å². The number of benzene rings is 3. The Bertz CT molecular complexity index is 1080. The van der Waals surface area contributed by atoms with Gasteiger partial charge in [-0.05, 0) is 39.8 Å². The second kappa shape index (κ2) is 8.37. The van der Waals surface area contributed by atoms with E-state index >= 15 is 0 Å². The van der Waals surface area contributed by atoms with Crippen LogP contribution in [0.1, 0.15) is 71.4 Å². The molecule has 5 heteroatoms. The minimum Gasteiger partial charge on any atom is -0.478 e. The van der Waals surface area contributed by atoms with Gasteiger partial charge in [-0.2, -0.15) is 0 Å². The van der Waals surface area contributed by atoms with Gasteiger partial charge in [0.2, 0.25) is 0 Å². The lowest BCUT2D eigenvalue weighted by Gasteiger charge is -2.21. The van der Waals surface area contributed by atoms with E-state index in [2.05, 4.69) is 48.9 Å². The third-order valence-corrected chi connectivity index (χ3v) is 5.72. The molecule has 0 saturated heterocycles. The largest absolute Gasteiger partial charge is 0.478 e. The Morgan fingerprint density at radius 3 is 1.97 bits per heavy atom. The molecule has 0 aliphatic heterocycles. The quantitative estimate of drug-likeness (QED) is 0.446. The van der Waals surface area contributed by atoms with Gasteiger partial charge < -0.3 is 10.4 Å². The van der Waals surface area contributed by atoms with Gasteiger partial charge in [0.25, 0.3) is 5.91 Å². The van der Waals surface area contributed by atoms with Crippen molar-refractivity contribution in [2.75, 3.05) is 5.32 Å². The predicted molar refractivity (Wildman–Crippen MR) is 121 cm³/mol. The average Bonchev–Trinajstić information content (AvgIpc) is 2.67. The molecule has 1 amide bonds. The summed E-state index contributed by atoms with van der Waals surface area (Å²) in [4.78, 5) is 25.3. The van der Waals surface area contributed by atoms with Gasteiger partial charge in [0.05, 0.1) is 11.1 Å². The van der Waals surface area contributed by atoms with Crippen LogP contribution >= 0.6 is 15.9 Å². The summed E-state index contributed by atoms with van der Waals surface area (Å²) in [5.74, 6) is -1.13. The fourth-order valence-corrected chi connectivity index (χ4v) is 4.19. The van der Waals surface area contributed by atoms with E-state index in [1.54, 1.807) is 12.1 Å². The lowest BCUT2D eigenvalue weighted by atomic mass is 9.92. The summed E-state index contributed by atoms with van der Waals surface area (Å²) in [6, 6.07) is 14.8. The topological polar surface area (TPSA) is 66.4 Å². The average molecular weight is 454 g/mol. The molecule has 0 unspecified atom stereocenters. The first-order valence-electron chi connectivity index (χ1n) is 9.61. The number of halogens is 1. The monoisotopic (exact) mass is 453 g/mol. The van der Waals surface area contributed by atoms with E-state index in [4.69, 9.17) is 0 Å². The molecule has 0 aromatic heterocycles. The van der Waals surface area contributed by atoms with Gasteiger partial charge >= 0.3 is 5.97 Å². The zero-order valence-electron chi connectivity index (χ0n) is 16.9. The standard InChI is InChI=1S/C24H24BrNO3/c1-13(2)15-10-7-11-16(14(3)4)22(15)26-23(27)21-18-9-6-5-8-17(18)20(25)12-19(21)24(28)29/h5-14H,1-4H3,(H,26,27)(H,28,29). The minimum atomic E-state index is -1.14. The Labute approximate surface area is 179 Å². The molecule has 0 aliphatic rings. The first-order chi connectivity index (χ1) is 13.7. The zero-order valence-corrected chi connectivity index (χ0v) is 18.5. The number of nitrogens with one attached hydrogen (secondary N) is 1. The van der Waals surface area contributed by atoms with Gasteiger partial charge in [-0.3, -0.25) is 4.79 Å². The summed E-state index contributed by atoms with van der Waals surface area (Å²) in [6.07, 6.45) is 0. The number of carbonyl (C=O) groups is 2. The number of rotatable bonds is 5. The zero-order chi connectivity index (χ0) is 21.3. The summed E-state index contributed by atoms with van der Waals surface area (Å²) >= 11 is 3.43. The SMILES string of the molecule is CC(C)c1cccc(C(C)C)c1NC(=O)c1c(C(=O)O)cc(Br)c2ccccc12. The number of para-hydroxylation sites is 1. The van der Waals surface area contributed by atoms with Gasteiger partial charge in [-0.1, -0.05) is 86.1 Å².